The van der Waals surface area contributed by atoms with Gasteiger partial charge in [-0.05, 0) is 26.3 Å². The number of non-ortho nitro benzene ring substituents is 1. The van der Waals surface area contributed by atoms with Crippen LogP contribution in [0.4, 0.5) is 5.69 Å². The van der Waals surface area contributed by atoms with Crippen molar-refractivity contribution in [3.05, 3.63) is 39.4 Å². The van der Waals surface area contributed by atoms with E-state index in [4.69, 9.17) is 4.74 Å². The summed E-state index contributed by atoms with van der Waals surface area (Å²) < 4.78 is 9.35. The maximum Gasteiger partial charge on any atom is 0.338 e. The fraction of sp³-hybridized carbons (Fsp3) is 0.438. The van der Waals surface area contributed by atoms with Crippen molar-refractivity contribution in [3.8, 4) is 0 Å². The second kappa shape index (κ2) is 8.22. The second-order valence-electron chi connectivity index (χ2n) is 5.88. The average Bonchev–Trinajstić information content (AvgIpc) is 2.57. The molecule has 0 aliphatic heterocycles. The van der Waals surface area contributed by atoms with Crippen LogP contribution in [0.25, 0.3) is 0 Å². The van der Waals surface area contributed by atoms with E-state index in [1.165, 1.54) is 0 Å². The summed E-state index contributed by atoms with van der Waals surface area (Å²) in [4.78, 5) is 45.6. The smallest absolute Gasteiger partial charge is 0.338 e. The molecule has 0 unspecified atom stereocenters. The molecule has 1 amide bonds. The summed E-state index contributed by atoms with van der Waals surface area (Å²) in [6.07, 6.45) is 0.681. The minimum absolute atomic E-state index is 0.166. The van der Waals surface area contributed by atoms with Crippen LogP contribution in [0.15, 0.2) is 18.2 Å². The number of nitro benzene ring substituents is 1. The largest absolute Gasteiger partial charge is 0.465 e. The Balaban J connectivity index is 2.90. The normalized spacial score (nSPS) is 10.7. The van der Waals surface area contributed by atoms with E-state index in [-0.39, 0.29) is 11.1 Å². The Bertz CT molecular complexity index is 698. The highest BCUT2D eigenvalue weighted by molar-refractivity contribution is 5.97. The zero-order valence-electron chi connectivity index (χ0n) is 14.5. The van der Waals surface area contributed by atoms with Gasteiger partial charge in [0.25, 0.3) is 11.6 Å². The number of benzene rings is 1. The predicted octanol–water partition coefficient (Wildman–Crippen LogP) is 1.84. The first-order valence-electron chi connectivity index (χ1n) is 7.45. The van der Waals surface area contributed by atoms with Crippen LogP contribution >= 0.6 is 0 Å². The maximum absolute atomic E-state index is 12.0. The maximum atomic E-state index is 12.0. The molecule has 1 rings (SSSR count). The number of rotatable bonds is 7. The zero-order chi connectivity index (χ0) is 19.2. The molecule has 0 saturated carbocycles. The van der Waals surface area contributed by atoms with Crippen molar-refractivity contribution >= 4 is 23.5 Å². The summed E-state index contributed by atoms with van der Waals surface area (Å²) in [5.74, 6) is -2.29. The van der Waals surface area contributed by atoms with E-state index in [0.29, 0.717) is 6.42 Å². The number of nitrogens with one attached hydrogen (secondary N) is 1. The average molecular weight is 352 g/mol. The van der Waals surface area contributed by atoms with Crippen LogP contribution in [-0.2, 0) is 14.3 Å². The van der Waals surface area contributed by atoms with Crippen molar-refractivity contribution in [1.82, 2.24) is 5.32 Å². The molecule has 9 heteroatoms. The number of carbonyl (C=O) groups excluding carboxylic acids is 3. The third kappa shape index (κ3) is 5.87. The Labute approximate surface area is 144 Å². The van der Waals surface area contributed by atoms with Gasteiger partial charge in [0.05, 0.1) is 23.2 Å². The number of hydrogen-bond acceptors (Lipinski definition) is 7. The molecular weight excluding hydrogens is 332 g/mol. The molecule has 0 saturated heterocycles. The summed E-state index contributed by atoms with van der Waals surface area (Å²) >= 11 is 0. The number of methoxy groups -OCH3 is 1. The predicted molar refractivity (Wildman–Crippen MR) is 87.2 cm³/mol. The Morgan fingerprint density at radius 2 is 1.72 bits per heavy atom. The lowest BCUT2D eigenvalue weighted by atomic mass is 10.0. The number of carbonyl (C=O) groups is 3. The van der Waals surface area contributed by atoms with Crippen LogP contribution in [0.2, 0.25) is 0 Å². The molecule has 0 heterocycles. The van der Waals surface area contributed by atoms with Crippen LogP contribution < -0.4 is 5.32 Å². The molecule has 0 fully saturated rings. The van der Waals surface area contributed by atoms with Gasteiger partial charge in [-0.15, -0.1) is 0 Å². The van der Waals surface area contributed by atoms with E-state index in [1.807, 2.05) is 20.8 Å². The molecule has 0 spiro atoms. The molecule has 0 atom stereocenters. The third-order valence-electron chi connectivity index (χ3n) is 3.48. The minimum Gasteiger partial charge on any atom is -0.465 e. The van der Waals surface area contributed by atoms with Gasteiger partial charge < -0.3 is 14.8 Å². The van der Waals surface area contributed by atoms with Crippen molar-refractivity contribution < 1.29 is 28.8 Å². The lowest BCUT2D eigenvalue weighted by Crippen LogP contribution is -2.44. The van der Waals surface area contributed by atoms with Gasteiger partial charge in [0.2, 0.25) is 0 Å². The standard InChI is InChI=1S/C16H20N2O7/c1-5-16(2,3)17-13(19)9-25-15(21)11-6-10(14(20)24-4)7-12(8-11)18(22)23/h6-8H,5,9H2,1-4H3,(H,17,19). The van der Waals surface area contributed by atoms with Gasteiger partial charge in [0, 0.05) is 17.7 Å². The number of esters is 2. The molecule has 0 aliphatic carbocycles. The van der Waals surface area contributed by atoms with Gasteiger partial charge in [-0.1, -0.05) is 6.92 Å². The van der Waals surface area contributed by atoms with E-state index in [1.54, 1.807) is 0 Å². The van der Waals surface area contributed by atoms with Crippen LogP contribution in [0.3, 0.4) is 0 Å². The monoisotopic (exact) mass is 352 g/mol. The summed E-state index contributed by atoms with van der Waals surface area (Å²) in [7, 11) is 1.11. The van der Waals surface area contributed by atoms with Crippen molar-refractivity contribution in [1.29, 1.82) is 0 Å². The number of ether oxygens (including phenoxy) is 2. The van der Waals surface area contributed by atoms with Crippen molar-refractivity contribution in [2.24, 2.45) is 0 Å². The molecule has 0 aromatic heterocycles. The molecule has 9 nitrogen and oxygen atoms in total. The van der Waals surface area contributed by atoms with Crippen molar-refractivity contribution in [2.45, 2.75) is 32.7 Å². The third-order valence-corrected chi connectivity index (χ3v) is 3.48. The first kappa shape index (κ1) is 20.1. The molecule has 0 bridgehead atoms. The van der Waals surface area contributed by atoms with Gasteiger partial charge in [-0.25, -0.2) is 9.59 Å². The molecule has 1 N–H and O–H groups in total. The lowest BCUT2D eigenvalue weighted by molar-refractivity contribution is -0.384. The molecular formula is C16H20N2O7. The van der Waals surface area contributed by atoms with E-state index in [0.717, 1.165) is 25.3 Å². The van der Waals surface area contributed by atoms with Gasteiger partial charge >= 0.3 is 11.9 Å². The van der Waals surface area contributed by atoms with Crippen LogP contribution in [0.5, 0.6) is 0 Å². The number of nitrogens with zero attached hydrogens (tertiary/aromatic N) is 1. The Hall–Kier alpha value is -2.97. The Morgan fingerprint density at radius 1 is 1.16 bits per heavy atom. The number of nitro groups is 1. The summed E-state index contributed by atoms with van der Waals surface area (Å²) in [5, 5.41) is 13.6. The van der Waals surface area contributed by atoms with Crippen molar-refractivity contribution in [2.75, 3.05) is 13.7 Å². The number of amides is 1. The van der Waals surface area contributed by atoms with Crippen molar-refractivity contribution in [3.63, 3.8) is 0 Å². The van der Waals surface area contributed by atoms with Gasteiger partial charge in [0.15, 0.2) is 6.61 Å². The molecule has 0 radical (unpaired) electrons. The first-order valence-corrected chi connectivity index (χ1v) is 7.45. The van der Waals surface area contributed by atoms with Gasteiger partial charge in [-0.3, -0.25) is 14.9 Å². The minimum atomic E-state index is -0.960. The van der Waals surface area contributed by atoms with Gasteiger partial charge in [-0.2, -0.15) is 0 Å². The number of hydrogen-bond donors (Lipinski definition) is 1. The second-order valence-corrected chi connectivity index (χ2v) is 5.88. The fourth-order valence-corrected chi connectivity index (χ4v) is 1.79. The van der Waals surface area contributed by atoms with E-state index >= 15 is 0 Å². The van der Waals surface area contributed by atoms with Crippen LogP contribution in [-0.4, -0.2) is 42.0 Å². The SMILES string of the molecule is CCC(C)(C)NC(=O)COC(=O)c1cc(C(=O)OC)cc([N+](=O)[O-])c1. The molecule has 0 aliphatic rings. The zero-order valence-corrected chi connectivity index (χ0v) is 14.5. The highest BCUT2D eigenvalue weighted by Gasteiger charge is 2.21. The topological polar surface area (TPSA) is 125 Å². The molecule has 25 heavy (non-hydrogen) atoms. The quantitative estimate of drug-likeness (QED) is 0.451. The fourth-order valence-electron chi connectivity index (χ4n) is 1.79. The summed E-state index contributed by atoms with van der Waals surface area (Å²) in [6, 6.07) is 3.05. The lowest BCUT2D eigenvalue weighted by Gasteiger charge is -2.24. The Morgan fingerprint density at radius 3 is 2.20 bits per heavy atom. The van der Waals surface area contributed by atoms with Crippen LogP contribution in [0, 0.1) is 10.1 Å². The molecule has 1 aromatic rings. The highest BCUT2D eigenvalue weighted by Crippen LogP contribution is 2.19. The first-order chi connectivity index (χ1) is 11.6. The Kier molecular flexibility index (Phi) is 6.60. The van der Waals surface area contributed by atoms with Gasteiger partial charge in [0.1, 0.15) is 0 Å². The van der Waals surface area contributed by atoms with Crippen LogP contribution in [0.1, 0.15) is 47.9 Å². The van der Waals surface area contributed by atoms with E-state index in [2.05, 4.69) is 10.1 Å². The van der Waals surface area contributed by atoms with E-state index < -0.39 is 40.6 Å². The summed E-state index contributed by atoms with van der Waals surface area (Å²) in [6.45, 7) is 4.98. The molecule has 136 valence electrons. The molecule has 1 aromatic carbocycles. The van der Waals surface area contributed by atoms with E-state index in [9.17, 15) is 24.5 Å². The highest BCUT2D eigenvalue weighted by atomic mass is 16.6. The summed E-state index contributed by atoms with van der Waals surface area (Å²) in [5.41, 5.74) is -1.31.